The van der Waals surface area contributed by atoms with Gasteiger partial charge in [0.15, 0.2) is 0 Å². The molecule has 2 aliphatic rings. The van der Waals surface area contributed by atoms with E-state index >= 15 is 0 Å². The van der Waals surface area contributed by atoms with E-state index in [1.807, 2.05) is 0 Å². The third-order valence-electron chi connectivity index (χ3n) is 4.58. The Morgan fingerprint density at radius 2 is 1.90 bits per heavy atom. The predicted octanol–water partition coefficient (Wildman–Crippen LogP) is 3.85. The van der Waals surface area contributed by atoms with Crippen LogP contribution in [0.5, 0.6) is 0 Å². The van der Waals surface area contributed by atoms with Crippen molar-refractivity contribution in [2.75, 3.05) is 26.2 Å². The average molecular weight is 407 g/mol. The van der Waals surface area contributed by atoms with Crippen molar-refractivity contribution in [2.24, 2.45) is 5.92 Å². The van der Waals surface area contributed by atoms with Crippen molar-refractivity contribution in [3.63, 3.8) is 0 Å². The van der Waals surface area contributed by atoms with Crippen LogP contribution >= 0.6 is 35.0 Å². The van der Waals surface area contributed by atoms with Gasteiger partial charge in [-0.3, -0.25) is 4.90 Å². The second-order valence-corrected chi connectivity index (χ2v) is 7.03. The fourth-order valence-corrected chi connectivity index (χ4v) is 4.28. The van der Waals surface area contributed by atoms with Crippen molar-refractivity contribution in [1.29, 1.82) is 0 Å². The summed E-state index contributed by atoms with van der Waals surface area (Å²) in [7, 11) is 0. The van der Waals surface area contributed by atoms with Gasteiger partial charge in [0.05, 0.1) is 0 Å². The number of nitrogens with one attached hydrogen (secondary N) is 1. The van der Waals surface area contributed by atoms with E-state index in [1.54, 1.807) is 5.56 Å². The second kappa shape index (κ2) is 7.97. The molecule has 2 aliphatic heterocycles. The minimum Gasteiger partial charge on any atom is -0.317 e. The average Bonchev–Trinajstić information content (AvgIpc) is 2.88. The molecule has 1 aromatic carbocycles. The van der Waals surface area contributed by atoms with Gasteiger partial charge in [0.2, 0.25) is 0 Å². The molecule has 0 radical (unpaired) electrons. The Morgan fingerprint density at radius 1 is 1.15 bits per heavy atom. The summed E-state index contributed by atoms with van der Waals surface area (Å²) < 4.78 is 1.43. The van der Waals surface area contributed by atoms with Gasteiger partial charge < -0.3 is 5.32 Å². The highest BCUT2D eigenvalue weighted by molar-refractivity contribution is 14.1. The maximum atomic E-state index is 3.47. The number of hydrogen-bond acceptors (Lipinski definition) is 2. The lowest BCUT2D eigenvalue weighted by molar-refractivity contribution is 0.192. The van der Waals surface area contributed by atoms with Crippen molar-refractivity contribution >= 4 is 35.0 Å². The van der Waals surface area contributed by atoms with E-state index in [0.29, 0.717) is 6.04 Å². The van der Waals surface area contributed by atoms with Gasteiger partial charge in [-0.2, -0.15) is 0 Å². The molecular weight excluding hydrogens is 383 g/mol. The van der Waals surface area contributed by atoms with Crippen LogP contribution in [-0.2, 0) is 0 Å². The molecule has 0 bridgehead atoms. The number of hydrogen-bond donors (Lipinski definition) is 1. The molecule has 0 aliphatic carbocycles. The number of nitrogens with zero attached hydrogens (tertiary/aromatic N) is 1. The van der Waals surface area contributed by atoms with E-state index < -0.39 is 0 Å². The lowest BCUT2D eigenvalue weighted by Gasteiger charge is -2.31. The summed E-state index contributed by atoms with van der Waals surface area (Å²) in [5, 5.41) is 3.47. The van der Waals surface area contributed by atoms with Crippen LogP contribution < -0.4 is 5.32 Å². The quantitative estimate of drug-likeness (QED) is 0.767. The smallest absolute Gasteiger partial charge is 0.0359 e. The summed E-state index contributed by atoms with van der Waals surface area (Å²) in [5.74, 6) is 0.906. The molecule has 0 aromatic heterocycles. The van der Waals surface area contributed by atoms with Crippen LogP contribution in [0.2, 0.25) is 0 Å². The Bertz CT molecular complexity index is 421. The van der Waals surface area contributed by atoms with Gasteiger partial charge >= 0.3 is 0 Å². The highest BCUT2D eigenvalue weighted by Crippen LogP contribution is 2.35. The standard InChI is InChI=1S/C16H23IN2.ClH/c17-15-5-2-1-4-14(15)16-6-3-11-19(16)12-13-7-9-18-10-8-13;/h1-2,4-5,13,16,18H,3,6-12H2;1H. The fourth-order valence-electron chi connectivity index (χ4n) is 3.54. The number of piperidine rings is 1. The van der Waals surface area contributed by atoms with Crippen LogP contribution in [0, 0.1) is 9.49 Å². The largest absolute Gasteiger partial charge is 0.317 e. The first-order valence-electron chi connectivity index (χ1n) is 7.54. The number of rotatable bonds is 3. The molecule has 4 heteroatoms. The van der Waals surface area contributed by atoms with Crippen LogP contribution in [0.3, 0.4) is 0 Å². The highest BCUT2D eigenvalue weighted by atomic mass is 127. The first-order valence-corrected chi connectivity index (χ1v) is 8.61. The second-order valence-electron chi connectivity index (χ2n) is 5.87. The first-order chi connectivity index (χ1) is 9.34. The maximum Gasteiger partial charge on any atom is 0.0359 e. The number of benzene rings is 1. The topological polar surface area (TPSA) is 15.3 Å². The van der Waals surface area contributed by atoms with Crippen molar-refractivity contribution < 1.29 is 0 Å². The summed E-state index contributed by atoms with van der Waals surface area (Å²) in [6.45, 7) is 5.02. The number of likely N-dealkylation sites (tertiary alicyclic amines) is 1. The zero-order valence-electron chi connectivity index (χ0n) is 11.9. The van der Waals surface area contributed by atoms with Crippen LogP contribution in [0.15, 0.2) is 24.3 Å². The third kappa shape index (κ3) is 3.87. The van der Waals surface area contributed by atoms with Crippen molar-refractivity contribution in [3.8, 4) is 0 Å². The van der Waals surface area contributed by atoms with E-state index in [9.17, 15) is 0 Å². The zero-order chi connectivity index (χ0) is 13.1. The van der Waals surface area contributed by atoms with E-state index in [1.165, 1.54) is 55.4 Å². The highest BCUT2D eigenvalue weighted by Gasteiger charge is 2.29. The summed E-state index contributed by atoms with van der Waals surface area (Å²) in [5.41, 5.74) is 1.55. The maximum absolute atomic E-state index is 3.47. The Labute approximate surface area is 142 Å². The van der Waals surface area contributed by atoms with Crippen LogP contribution in [0.4, 0.5) is 0 Å². The normalized spacial score (nSPS) is 24.6. The molecule has 2 saturated heterocycles. The van der Waals surface area contributed by atoms with Crippen molar-refractivity contribution in [2.45, 2.75) is 31.7 Å². The Hall–Kier alpha value is 0.160. The Kier molecular flexibility index (Phi) is 6.59. The van der Waals surface area contributed by atoms with E-state index in [4.69, 9.17) is 0 Å². The summed E-state index contributed by atoms with van der Waals surface area (Å²) in [6, 6.07) is 9.59. The lowest BCUT2D eigenvalue weighted by Crippen LogP contribution is -2.36. The van der Waals surface area contributed by atoms with Crippen molar-refractivity contribution in [3.05, 3.63) is 33.4 Å². The van der Waals surface area contributed by atoms with Gasteiger partial charge in [-0.25, -0.2) is 0 Å². The Morgan fingerprint density at radius 3 is 2.65 bits per heavy atom. The van der Waals surface area contributed by atoms with Gasteiger partial charge in [0, 0.05) is 16.2 Å². The van der Waals surface area contributed by atoms with E-state index in [0.717, 1.165) is 5.92 Å². The molecular formula is C16H24ClIN2. The molecule has 112 valence electrons. The third-order valence-corrected chi connectivity index (χ3v) is 5.56. The van der Waals surface area contributed by atoms with Crippen LogP contribution in [0.1, 0.15) is 37.3 Å². The summed E-state index contributed by atoms with van der Waals surface area (Å²) >= 11 is 2.49. The molecule has 0 saturated carbocycles. The SMILES string of the molecule is Cl.Ic1ccccc1C1CCCN1CC1CCNCC1. The molecule has 1 atom stereocenters. The van der Waals surface area contributed by atoms with Gasteiger partial charge in [0.1, 0.15) is 0 Å². The Balaban J connectivity index is 0.00000147. The molecule has 2 nitrogen and oxygen atoms in total. The molecule has 0 amide bonds. The predicted molar refractivity (Wildman–Crippen MR) is 95.5 cm³/mol. The van der Waals surface area contributed by atoms with Crippen LogP contribution in [0.25, 0.3) is 0 Å². The number of halogens is 2. The molecule has 3 rings (SSSR count). The monoisotopic (exact) mass is 406 g/mol. The fraction of sp³-hybridized carbons (Fsp3) is 0.625. The van der Waals surface area contributed by atoms with Gasteiger partial charge in [-0.05, 0) is 85.5 Å². The van der Waals surface area contributed by atoms with Crippen LogP contribution in [-0.4, -0.2) is 31.1 Å². The molecule has 1 unspecified atom stereocenters. The minimum atomic E-state index is 0. The molecule has 20 heavy (non-hydrogen) atoms. The lowest BCUT2D eigenvalue weighted by atomic mass is 9.96. The van der Waals surface area contributed by atoms with Gasteiger partial charge in [-0.15, -0.1) is 12.4 Å². The summed E-state index contributed by atoms with van der Waals surface area (Å²) in [4.78, 5) is 2.74. The van der Waals surface area contributed by atoms with E-state index in [-0.39, 0.29) is 12.4 Å². The van der Waals surface area contributed by atoms with Crippen molar-refractivity contribution in [1.82, 2.24) is 10.2 Å². The van der Waals surface area contributed by atoms with E-state index in [2.05, 4.69) is 57.1 Å². The molecule has 0 spiro atoms. The first kappa shape index (κ1) is 16.5. The molecule has 2 fully saturated rings. The molecule has 1 aromatic rings. The van der Waals surface area contributed by atoms with Gasteiger partial charge in [-0.1, -0.05) is 18.2 Å². The minimum absolute atomic E-state index is 0. The van der Waals surface area contributed by atoms with Gasteiger partial charge in [0.25, 0.3) is 0 Å². The molecule has 2 heterocycles. The summed E-state index contributed by atoms with van der Waals surface area (Å²) in [6.07, 6.45) is 5.41. The zero-order valence-corrected chi connectivity index (χ0v) is 14.8. The molecule has 1 N–H and O–H groups in total.